The van der Waals surface area contributed by atoms with Crippen LogP contribution in [0.1, 0.15) is 11.1 Å². The number of aromatic nitrogens is 2. The summed E-state index contributed by atoms with van der Waals surface area (Å²) in [7, 11) is 0. The van der Waals surface area contributed by atoms with Crippen LogP contribution in [0.2, 0.25) is 0 Å². The summed E-state index contributed by atoms with van der Waals surface area (Å²) in [6.07, 6.45) is 0. The third-order valence-corrected chi connectivity index (χ3v) is 4.59. The zero-order chi connectivity index (χ0) is 17.3. The summed E-state index contributed by atoms with van der Waals surface area (Å²) in [5.41, 5.74) is 3.61. The Morgan fingerprint density at radius 2 is 2.00 bits per heavy atom. The molecule has 1 amide bonds. The number of halogens is 2. The van der Waals surface area contributed by atoms with E-state index in [2.05, 4.69) is 15.3 Å². The van der Waals surface area contributed by atoms with E-state index in [1.165, 1.54) is 11.8 Å². The quantitative estimate of drug-likeness (QED) is 0.696. The lowest BCUT2D eigenvalue weighted by Crippen LogP contribution is -2.15. The summed E-state index contributed by atoms with van der Waals surface area (Å²) in [6.45, 7) is 3.92. The Morgan fingerprint density at radius 1 is 1.25 bits per heavy atom. The summed E-state index contributed by atoms with van der Waals surface area (Å²) in [5.74, 6) is -1.92. The van der Waals surface area contributed by atoms with Gasteiger partial charge in [-0.25, -0.2) is 13.8 Å². The monoisotopic (exact) mass is 347 g/mol. The van der Waals surface area contributed by atoms with Gasteiger partial charge < -0.3 is 10.3 Å². The average molecular weight is 347 g/mol. The van der Waals surface area contributed by atoms with Crippen LogP contribution in [0.4, 0.5) is 14.5 Å². The highest BCUT2D eigenvalue weighted by molar-refractivity contribution is 7.99. The van der Waals surface area contributed by atoms with Gasteiger partial charge in [0, 0.05) is 17.8 Å². The molecule has 2 aromatic carbocycles. The second-order valence-electron chi connectivity index (χ2n) is 5.41. The Bertz CT molecular complexity index is 885. The molecule has 0 saturated carbocycles. The first-order valence-electron chi connectivity index (χ1n) is 7.27. The van der Waals surface area contributed by atoms with Crippen LogP contribution in [0.3, 0.4) is 0 Å². The summed E-state index contributed by atoms with van der Waals surface area (Å²) < 4.78 is 26.4. The van der Waals surface area contributed by atoms with Gasteiger partial charge in [-0.2, -0.15) is 0 Å². The maximum absolute atomic E-state index is 13.2. The van der Waals surface area contributed by atoms with Crippen LogP contribution in [0, 0.1) is 25.5 Å². The number of H-pyrrole nitrogens is 1. The fourth-order valence-corrected chi connectivity index (χ4v) is 2.94. The maximum atomic E-state index is 13.2. The minimum absolute atomic E-state index is 0.137. The zero-order valence-electron chi connectivity index (χ0n) is 13.1. The van der Waals surface area contributed by atoms with Gasteiger partial charge in [0.05, 0.1) is 16.8 Å². The topological polar surface area (TPSA) is 57.8 Å². The van der Waals surface area contributed by atoms with E-state index in [0.29, 0.717) is 16.2 Å². The van der Waals surface area contributed by atoms with Crippen LogP contribution in [0.25, 0.3) is 11.0 Å². The van der Waals surface area contributed by atoms with Gasteiger partial charge in [-0.15, -0.1) is 0 Å². The number of amides is 1. The van der Waals surface area contributed by atoms with Crippen LogP contribution in [0.5, 0.6) is 0 Å². The average Bonchev–Trinajstić information content (AvgIpc) is 2.92. The molecule has 0 fully saturated rings. The molecule has 0 unspecified atom stereocenters. The van der Waals surface area contributed by atoms with Crippen molar-refractivity contribution in [1.29, 1.82) is 0 Å². The Balaban J connectivity index is 1.67. The maximum Gasteiger partial charge on any atom is 0.234 e. The predicted molar refractivity (Wildman–Crippen MR) is 91.3 cm³/mol. The molecule has 0 spiro atoms. The minimum Gasteiger partial charge on any atom is -0.333 e. The molecule has 1 aromatic heterocycles. The number of benzene rings is 2. The van der Waals surface area contributed by atoms with Crippen LogP contribution in [-0.2, 0) is 4.79 Å². The number of aryl methyl sites for hydroxylation is 1. The van der Waals surface area contributed by atoms with Crippen molar-refractivity contribution < 1.29 is 13.6 Å². The number of nitrogens with zero attached hydrogens (tertiary/aromatic N) is 1. The standard InChI is InChI=1S/C17H15F2N3OS/c1-9-4-3-5-13(10(9)2)20-16(23)8-24-17-21-14-6-11(18)12(19)7-15(14)22-17/h3-7H,8H2,1-2H3,(H,20,23)(H,21,22). The van der Waals surface area contributed by atoms with Gasteiger partial charge in [0.1, 0.15) is 0 Å². The summed E-state index contributed by atoms with van der Waals surface area (Å²) in [4.78, 5) is 19.1. The molecule has 0 aliphatic heterocycles. The van der Waals surface area contributed by atoms with E-state index in [1.54, 1.807) is 0 Å². The molecule has 124 valence electrons. The molecule has 7 heteroatoms. The van der Waals surface area contributed by atoms with Gasteiger partial charge in [0.15, 0.2) is 16.8 Å². The molecule has 4 nitrogen and oxygen atoms in total. The second-order valence-corrected chi connectivity index (χ2v) is 6.37. The first-order valence-corrected chi connectivity index (χ1v) is 8.26. The van der Waals surface area contributed by atoms with Gasteiger partial charge in [0.25, 0.3) is 0 Å². The Hall–Kier alpha value is -2.41. The number of rotatable bonds is 4. The summed E-state index contributed by atoms with van der Waals surface area (Å²) in [5, 5.41) is 3.29. The van der Waals surface area contributed by atoms with Crippen LogP contribution in [0.15, 0.2) is 35.5 Å². The number of fused-ring (bicyclic) bond motifs is 1. The molecule has 3 aromatic rings. The predicted octanol–water partition coefficient (Wildman–Crippen LogP) is 4.19. The number of aromatic amines is 1. The largest absolute Gasteiger partial charge is 0.333 e. The van der Waals surface area contributed by atoms with E-state index in [9.17, 15) is 13.6 Å². The smallest absolute Gasteiger partial charge is 0.234 e. The molecule has 3 rings (SSSR count). The number of hydrogen-bond acceptors (Lipinski definition) is 3. The molecule has 24 heavy (non-hydrogen) atoms. The lowest BCUT2D eigenvalue weighted by Gasteiger charge is -2.09. The highest BCUT2D eigenvalue weighted by Crippen LogP contribution is 2.23. The van der Waals surface area contributed by atoms with Gasteiger partial charge in [-0.05, 0) is 31.0 Å². The molecule has 0 radical (unpaired) electrons. The van der Waals surface area contributed by atoms with E-state index < -0.39 is 11.6 Å². The minimum atomic E-state index is -0.946. The van der Waals surface area contributed by atoms with Crippen LogP contribution < -0.4 is 5.32 Å². The normalized spacial score (nSPS) is 11.0. The third-order valence-electron chi connectivity index (χ3n) is 3.72. The Morgan fingerprint density at radius 3 is 2.79 bits per heavy atom. The lowest BCUT2D eigenvalue weighted by molar-refractivity contribution is -0.113. The second kappa shape index (κ2) is 6.60. The van der Waals surface area contributed by atoms with Crippen LogP contribution >= 0.6 is 11.8 Å². The fourth-order valence-electron chi connectivity index (χ4n) is 2.26. The fraction of sp³-hybridized carbons (Fsp3) is 0.176. The number of thioether (sulfide) groups is 1. The van der Waals surface area contributed by atoms with Gasteiger partial charge in [0.2, 0.25) is 5.91 Å². The number of carbonyl (C=O) groups excluding carboxylic acids is 1. The molecule has 0 aliphatic rings. The van der Waals surface area contributed by atoms with E-state index in [4.69, 9.17) is 0 Å². The number of nitrogens with one attached hydrogen (secondary N) is 2. The first kappa shape index (κ1) is 16.4. The van der Waals surface area contributed by atoms with Crippen molar-refractivity contribution in [3.63, 3.8) is 0 Å². The van der Waals surface area contributed by atoms with Crippen molar-refractivity contribution in [2.45, 2.75) is 19.0 Å². The highest BCUT2D eigenvalue weighted by Gasteiger charge is 2.11. The molecule has 0 saturated heterocycles. The molecule has 0 aliphatic carbocycles. The Kier molecular flexibility index (Phi) is 4.53. The van der Waals surface area contributed by atoms with Crippen molar-refractivity contribution in [3.05, 3.63) is 53.1 Å². The SMILES string of the molecule is Cc1cccc(NC(=O)CSc2nc3cc(F)c(F)cc3[nH]2)c1C. The Labute approximate surface area is 141 Å². The molecular formula is C17H15F2N3OS. The van der Waals surface area contributed by atoms with Crippen molar-refractivity contribution in [3.8, 4) is 0 Å². The summed E-state index contributed by atoms with van der Waals surface area (Å²) >= 11 is 1.17. The van der Waals surface area contributed by atoms with E-state index in [-0.39, 0.29) is 11.7 Å². The molecule has 2 N–H and O–H groups in total. The van der Waals surface area contributed by atoms with Gasteiger partial charge >= 0.3 is 0 Å². The third kappa shape index (κ3) is 3.41. The summed E-state index contributed by atoms with van der Waals surface area (Å²) in [6, 6.07) is 7.79. The molecule has 0 atom stereocenters. The zero-order valence-corrected chi connectivity index (χ0v) is 13.9. The highest BCUT2D eigenvalue weighted by atomic mass is 32.2. The van der Waals surface area contributed by atoms with E-state index in [1.807, 2.05) is 32.0 Å². The van der Waals surface area contributed by atoms with Gasteiger partial charge in [-0.3, -0.25) is 4.79 Å². The molecular weight excluding hydrogens is 332 g/mol. The van der Waals surface area contributed by atoms with Gasteiger partial charge in [-0.1, -0.05) is 23.9 Å². The van der Waals surface area contributed by atoms with Crippen molar-refractivity contribution >= 4 is 34.4 Å². The number of anilines is 1. The first-order chi connectivity index (χ1) is 11.4. The molecule has 0 bridgehead atoms. The number of imidazole rings is 1. The molecule has 1 heterocycles. The van der Waals surface area contributed by atoms with Crippen molar-refractivity contribution in [2.24, 2.45) is 0 Å². The van der Waals surface area contributed by atoms with Crippen molar-refractivity contribution in [1.82, 2.24) is 9.97 Å². The van der Waals surface area contributed by atoms with E-state index in [0.717, 1.165) is 28.9 Å². The lowest BCUT2D eigenvalue weighted by atomic mass is 10.1. The van der Waals surface area contributed by atoms with Crippen molar-refractivity contribution in [2.75, 3.05) is 11.1 Å². The van der Waals surface area contributed by atoms with E-state index >= 15 is 0 Å². The number of carbonyl (C=O) groups is 1. The van der Waals surface area contributed by atoms with Crippen LogP contribution in [-0.4, -0.2) is 21.6 Å². The number of hydrogen-bond donors (Lipinski definition) is 2.